The van der Waals surface area contributed by atoms with Gasteiger partial charge in [-0.15, -0.1) is 6.58 Å². The number of rotatable bonds is 2. The van der Waals surface area contributed by atoms with E-state index in [2.05, 4.69) is 6.58 Å². The molecule has 0 aromatic heterocycles. The zero-order chi connectivity index (χ0) is 8.27. The normalized spacial score (nSPS) is 12.5. The smallest absolute Gasteiger partial charge is 0.123 e. The van der Waals surface area contributed by atoms with Gasteiger partial charge in [0.1, 0.15) is 5.82 Å². The van der Waals surface area contributed by atoms with E-state index in [1.165, 1.54) is 18.2 Å². The molecule has 0 spiro atoms. The van der Waals surface area contributed by atoms with Crippen molar-refractivity contribution in [3.8, 4) is 0 Å². The highest BCUT2D eigenvalue weighted by atomic mass is 19.1. The van der Waals surface area contributed by atoms with E-state index in [9.17, 15) is 4.39 Å². The molecule has 1 aromatic rings. The maximum atomic E-state index is 12.5. The Balaban J connectivity index is 2.95. The Labute approximate surface area is 64.8 Å². The van der Waals surface area contributed by atoms with Crippen molar-refractivity contribution in [2.45, 2.75) is 6.10 Å². The van der Waals surface area contributed by atoms with Gasteiger partial charge in [0, 0.05) is 0 Å². The van der Waals surface area contributed by atoms with E-state index in [4.69, 9.17) is 5.11 Å². The minimum Gasteiger partial charge on any atom is -0.384 e. The van der Waals surface area contributed by atoms with Gasteiger partial charge >= 0.3 is 0 Å². The van der Waals surface area contributed by atoms with Crippen molar-refractivity contribution >= 4 is 0 Å². The molecule has 1 N–H and O–H groups in total. The van der Waals surface area contributed by atoms with Gasteiger partial charge in [-0.25, -0.2) is 4.39 Å². The summed E-state index contributed by atoms with van der Waals surface area (Å²) >= 11 is 0. The summed E-state index contributed by atoms with van der Waals surface area (Å²) < 4.78 is 12.5. The van der Waals surface area contributed by atoms with Gasteiger partial charge in [-0.3, -0.25) is 0 Å². The average Bonchev–Trinajstić information content (AvgIpc) is 2.03. The first-order valence-corrected chi connectivity index (χ1v) is 3.30. The predicted molar refractivity (Wildman–Crippen MR) is 41.6 cm³/mol. The maximum Gasteiger partial charge on any atom is 0.123 e. The zero-order valence-electron chi connectivity index (χ0n) is 6.00. The van der Waals surface area contributed by atoms with E-state index in [0.29, 0.717) is 5.56 Å². The van der Waals surface area contributed by atoms with Gasteiger partial charge in [-0.2, -0.15) is 0 Å². The molecule has 0 aliphatic carbocycles. The molecule has 0 bridgehead atoms. The van der Waals surface area contributed by atoms with Gasteiger partial charge in [0.2, 0.25) is 0 Å². The third kappa shape index (κ3) is 1.88. The topological polar surface area (TPSA) is 20.2 Å². The number of aliphatic hydroxyl groups excluding tert-OH is 1. The molecule has 0 unspecified atom stereocenters. The van der Waals surface area contributed by atoms with Crippen LogP contribution in [0.1, 0.15) is 11.7 Å². The lowest BCUT2D eigenvalue weighted by Gasteiger charge is -2.03. The summed E-state index contributed by atoms with van der Waals surface area (Å²) in [6, 6.07) is 5.82. The minimum absolute atomic E-state index is 0.344. The fourth-order valence-corrected chi connectivity index (χ4v) is 0.827. The van der Waals surface area contributed by atoms with Crippen molar-refractivity contribution < 1.29 is 9.50 Å². The highest BCUT2D eigenvalue weighted by molar-refractivity contribution is 5.21. The lowest BCUT2D eigenvalue weighted by Crippen LogP contribution is -1.92. The van der Waals surface area contributed by atoms with Crippen LogP contribution in [0.2, 0.25) is 0 Å². The van der Waals surface area contributed by atoms with Crippen molar-refractivity contribution in [3.05, 3.63) is 48.3 Å². The SMILES string of the molecule is C=C[C@H](O)c1cccc(F)c1. The fourth-order valence-electron chi connectivity index (χ4n) is 0.827. The second-order valence-electron chi connectivity index (χ2n) is 2.24. The molecule has 0 radical (unpaired) electrons. The van der Waals surface area contributed by atoms with E-state index < -0.39 is 6.10 Å². The molecule has 0 aliphatic heterocycles. The van der Waals surface area contributed by atoms with Crippen molar-refractivity contribution in [1.82, 2.24) is 0 Å². The number of aliphatic hydroxyl groups is 1. The lowest BCUT2D eigenvalue weighted by molar-refractivity contribution is 0.228. The van der Waals surface area contributed by atoms with Crippen LogP contribution in [0.4, 0.5) is 4.39 Å². The van der Waals surface area contributed by atoms with Crippen LogP contribution < -0.4 is 0 Å². The first-order valence-electron chi connectivity index (χ1n) is 3.30. The van der Waals surface area contributed by atoms with Crippen molar-refractivity contribution in [2.24, 2.45) is 0 Å². The van der Waals surface area contributed by atoms with Crippen molar-refractivity contribution in [2.75, 3.05) is 0 Å². The summed E-state index contributed by atoms with van der Waals surface area (Å²) in [5.74, 6) is -0.344. The maximum absolute atomic E-state index is 12.5. The third-order valence-corrected chi connectivity index (χ3v) is 1.41. The van der Waals surface area contributed by atoms with Gasteiger partial charge in [0.05, 0.1) is 6.10 Å². The van der Waals surface area contributed by atoms with Crippen molar-refractivity contribution in [1.29, 1.82) is 0 Å². The molecular formula is C9H9FO. The molecule has 0 heterocycles. The van der Waals surface area contributed by atoms with Crippen molar-refractivity contribution in [3.63, 3.8) is 0 Å². The Kier molecular flexibility index (Phi) is 2.39. The molecule has 1 aromatic carbocycles. The first kappa shape index (κ1) is 7.95. The van der Waals surface area contributed by atoms with E-state index in [1.54, 1.807) is 12.1 Å². The lowest BCUT2D eigenvalue weighted by atomic mass is 10.1. The van der Waals surface area contributed by atoms with Crippen LogP contribution in [-0.4, -0.2) is 5.11 Å². The van der Waals surface area contributed by atoms with Gasteiger partial charge in [-0.1, -0.05) is 18.2 Å². The molecule has 1 nitrogen and oxygen atoms in total. The summed E-state index contributed by atoms with van der Waals surface area (Å²) in [5, 5.41) is 9.17. The number of hydrogen-bond acceptors (Lipinski definition) is 1. The number of halogens is 1. The first-order chi connectivity index (χ1) is 5.24. The van der Waals surface area contributed by atoms with Crippen LogP contribution in [0.3, 0.4) is 0 Å². The third-order valence-electron chi connectivity index (χ3n) is 1.41. The Hall–Kier alpha value is -1.15. The largest absolute Gasteiger partial charge is 0.384 e. The molecule has 0 saturated heterocycles. The predicted octanol–water partition coefficient (Wildman–Crippen LogP) is 2.05. The van der Waals surface area contributed by atoms with Crippen LogP contribution in [0, 0.1) is 5.82 Å². The van der Waals surface area contributed by atoms with E-state index in [1.807, 2.05) is 0 Å². The van der Waals surface area contributed by atoms with Crippen LogP contribution in [0.5, 0.6) is 0 Å². The Morgan fingerprint density at radius 3 is 2.82 bits per heavy atom. The van der Waals surface area contributed by atoms with Crippen LogP contribution in [0.25, 0.3) is 0 Å². The average molecular weight is 152 g/mol. The fraction of sp³-hybridized carbons (Fsp3) is 0.111. The number of hydrogen-bond donors (Lipinski definition) is 1. The highest BCUT2D eigenvalue weighted by Gasteiger charge is 2.01. The number of benzene rings is 1. The molecule has 0 aliphatic rings. The molecule has 0 saturated carbocycles. The molecule has 58 valence electrons. The van der Waals surface area contributed by atoms with Gasteiger partial charge in [0.15, 0.2) is 0 Å². The molecule has 1 rings (SSSR count). The minimum atomic E-state index is -0.773. The Morgan fingerprint density at radius 1 is 1.55 bits per heavy atom. The van der Waals surface area contributed by atoms with Crippen LogP contribution in [-0.2, 0) is 0 Å². The summed E-state index contributed by atoms with van der Waals surface area (Å²) in [6.45, 7) is 3.39. The quantitative estimate of drug-likeness (QED) is 0.643. The highest BCUT2D eigenvalue weighted by Crippen LogP contribution is 2.13. The standard InChI is InChI=1S/C9H9FO/c1-2-9(11)7-4-3-5-8(10)6-7/h2-6,9,11H,1H2/t9-/m0/s1. The second-order valence-corrected chi connectivity index (χ2v) is 2.24. The molecule has 11 heavy (non-hydrogen) atoms. The Morgan fingerprint density at radius 2 is 2.27 bits per heavy atom. The molecule has 0 fully saturated rings. The van der Waals surface area contributed by atoms with Gasteiger partial charge < -0.3 is 5.11 Å². The second kappa shape index (κ2) is 3.30. The van der Waals surface area contributed by atoms with E-state index >= 15 is 0 Å². The Bertz CT molecular complexity index is 257. The van der Waals surface area contributed by atoms with Crippen LogP contribution in [0.15, 0.2) is 36.9 Å². The van der Waals surface area contributed by atoms with E-state index in [-0.39, 0.29) is 5.82 Å². The monoisotopic (exact) mass is 152 g/mol. The molecule has 2 heteroatoms. The molecular weight excluding hydrogens is 143 g/mol. The summed E-state index contributed by atoms with van der Waals surface area (Å²) in [5.41, 5.74) is 0.528. The molecule has 0 amide bonds. The molecule has 1 atom stereocenters. The summed E-state index contributed by atoms with van der Waals surface area (Å²) in [7, 11) is 0. The van der Waals surface area contributed by atoms with Gasteiger partial charge in [-0.05, 0) is 17.7 Å². The summed E-state index contributed by atoms with van der Waals surface area (Å²) in [6.07, 6.45) is 0.583. The van der Waals surface area contributed by atoms with Gasteiger partial charge in [0.25, 0.3) is 0 Å². The van der Waals surface area contributed by atoms with Crippen LogP contribution >= 0.6 is 0 Å². The van der Waals surface area contributed by atoms with E-state index in [0.717, 1.165) is 0 Å². The summed E-state index contributed by atoms with van der Waals surface area (Å²) in [4.78, 5) is 0. The zero-order valence-corrected chi connectivity index (χ0v) is 6.00.